The first-order valence-electron chi connectivity index (χ1n) is 7.68. The summed E-state index contributed by atoms with van der Waals surface area (Å²) in [7, 11) is 1.53. The normalized spacial score (nSPS) is 14.8. The number of nitrogens with one attached hydrogen (secondary N) is 2. The first-order chi connectivity index (χ1) is 10.8. The number of aryl methyl sites for hydroxylation is 1. The van der Waals surface area contributed by atoms with Gasteiger partial charge in [-0.05, 0) is 43.7 Å². The van der Waals surface area contributed by atoms with Crippen LogP contribution in [0.15, 0.2) is 18.2 Å². The Bertz CT molecular complexity index is 641. The van der Waals surface area contributed by atoms with Gasteiger partial charge in [-0.2, -0.15) is 0 Å². The third kappa shape index (κ3) is 5.06. The van der Waals surface area contributed by atoms with E-state index in [-0.39, 0.29) is 54.2 Å². The van der Waals surface area contributed by atoms with Gasteiger partial charge in [0.1, 0.15) is 0 Å². The summed E-state index contributed by atoms with van der Waals surface area (Å²) in [6.07, 6.45) is 2.38. The minimum Gasteiger partial charge on any atom is -0.550 e. The molecule has 0 heterocycles. The Morgan fingerprint density at radius 3 is 2.38 bits per heavy atom. The number of carbonyl (C=O) groups excluding carboxylic acids is 3. The number of hydrogen-bond acceptors (Lipinski definition) is 4. The van der Waals surface area contributed by atoms with Gasteiger partial charge < -0.3 is 20.5 Å². The van der Waals surface area contributed by atoms with Gasteiger partial charge in [0.2, 0.25) is 5.91 Å². The van der Waals surface area contributed by atoms with E-state index >= 15 is 0 Å². The average Bonchev–Trinajstić information content (AvgIpc) is 2.45. The quantitative estimate of drug-likeness (QED) is 0.585. The van der Waals surface area contributed by atoms with Crippen LogP contribution in [-0.4, -0.2) is 24.8 Å². The van der Waals surface area contributed by atoms with Crippen molar-refractivity contribution >= 4 is 23.5 Å². The second-order valence-corrected chi connectivity index (χ2v) is 6.26. The van der Waals surface area contributed by atoms with Crippen molar-refractivity contribution in [1.82, 2.24) is 5.32 Å². The monoisotopic (exact) mass is 340 g/mol. The summed E-state index contributed by atoms with van der Waals surface area (Å²) in [5.41, 5.74) is 1.24. The van der Waals surface area contributed by atoms with E-state index in [2.05, 4.69) is 10.6 Å². The van der Waals surface area contributed by atoms with Gasteiger partial charge in [-0.25, -0.2) is 0 Å². The van der Waals surface area contributed by atoms with Crippen LogP contribution < -0.4 is 45.3 Å². The summed E-state index contributed by atoms with van der Waals surface area (Å²) in [6, 6.07) is 5.20. The SMILES string of the molecule is CNC(=O)c1cc(C)ccc1NC(=O)CC1(CC(=O)[O-])CCC1.[Na+]. The molecule has 2 N–H and O–H groups in total. The van der Waals surface area contributed by atoms with Crippen molar-refractivity contribution in [1.29, 1.82) is 0 Å². The van der Waals surface area contributed by atoms with Gasteiger partial charge in [-0.15, -0.1) is 0 Å². The molecule has 0 aliphatic heterocycles. The van der Waals surface area contributed by atoms with Crippen LogP contribution >= 0.6 is 0 Å². The molecule has 24 heavy (non-hydrogen) atoms. The fourth-order valence-corrected chi connectivity index (χ4v) is 3.02. The Kier molecular flexibility index (Phi) is 7.45. The van der Waals surface area contributed by atoms with Crippen LogP contribution in [0.25, 0.3) is 0 Å². The summed E-state index contributed by atoms with van der Waals surface area (Å²) >= 11 is 0. The van der Waals surface area contributed by atoms with Crippen molar-refractivity contribution in [3.05, 3.63) is 29.3 Å². The molecule has 2 rings (SSSR count). The van der Waals surface area contributed by atoms with Crippen LogP contribution in [0.3, 0.4) is 0 Å². The largest absolute Gasteiger partial charge is 1.00 e. The minimum absolute atomic E-state index is 0. The van der Waals surface area contributed by atoms with E-state index in [1.807, 2.05) is 13.0 Å². The fourth-order valence-electron chi connectivity index (χ4n) is 3.02. The van der Waals surface area contributed by atoms with Gasteiger partial charge in [0.15, 0.2) is 0 Å². The minimum atomic E-state index is -1.13. The van der Waals surface area contributed by atoms with Crippen molar-refractivity contribution in [3.63, 3.8) is 0 Å². The summed E-state index contributed by atoms with van der Waals surface area (Å²) in [6.45, 7) is 1.86. The number of carboxylic acids is 1. The van der Waals surface area contributed by atoms with Gasteiger partial charge in [0.05, 0.1) is 11.3 Å². The number of carboxylic acid groups (broad SMARTS) is 1. The Morgan fingerprint density at radius 1 is 1.21 bits per heavy atom. The van der Waals surface area contributed by atoms with E-state index in [1.165, 1.54) is 7.05 Å². The summed E-state index contributed by atoms with van der Waals surface area (Å²) in [5.74, 6) is -1.68. The van der Waals surface area contributed by atoms with Crippen molar-refractivity contribution in [2.24, 2.45) is 5.41 Å². The second kappa shape index (κ2) is 8.65. The van der Waals surface area contributed by atoms with E-state index in [0.717, 1.165) is 12.0 Å². The molecule has 1 aromatic rings. The van der Waals surface area contributed by atoms with Crippen LogP contribution in [0.4, 0.5) is 5.69 Å². The number of aliphatic carboxylic acids is 1. The van der Waals surface area contributed by atoms with E-state index in [1.54, 1.807) is 12.1 Å². The van der Waals surface area contributed by atoms with Crippen LogP contribution in [-0.2, 0) is 9.59 Å². The van der Waals surface area contributed by atoms with E-state index in [0.29, 0.717) is 24.1 Å². The maximum absolute atomic E-state index is 12.3. The van der Waals surface area contributed by atoms with Gasteiger partial charge in [-0.1, -0.05) is 18.1 Å². The first-order valence-corrected chi connectivity index (χ1v) is 7.68. The third-order valence-electron chi connectivity index (χ3n) is 4.39. The molecule has 1 aliphatic carbocycles. The number of anilines is 1. The molecule has 1 fully saturated rings. The molecule has 124 valence electrons. The Hall–Kier alpha value is -1.37. The van der Waals surface area contributed by atoms with Gasteiger partial charge in [-0.3, -0.25) is 9.59 Å². The number of hydrogen-bond donors (Lipinski definition) is 2. The topological polar surface area (TPSA) is 98.3 Å². The van der Waals surface area contributed by atoms with Gasteiger partial charge >= 0.3 is 29.6 Å². The zero-order valence-corrected chi connectivity index (χ0v) is 16.4. The fraction of sp³-hybridized carbons (Fsp3) is 0.471. The predicted molar refractivity (Wildman–Crippen MR) is 83.7 cm³/mol. The third-order valence-corrected chi connectivity index (χ3v) is 4.39. The number of carbonyl (C=O) groups is 3. The molecule has 0 atom stereocenters. The summed E-state index contributed by atoms with van der Waals surface area (Å²) in [4.78, 5) is 35.1. The molecule has 6 nitrogen and oxygen atoms in total. The first kappa shape index (κ1) is 20.7. The van der Waals surface area contributed by atoms with Crippen molar-refractivity contribution in [3.8, 4) is 0 Å². The molecule has 1 saturated carbocycles. The standard InChI is InChI=1S/C17H22N2O4.Na/c1-11-4-5-13(12(8-11)16(23)18-2)19-14(20)9-17(6-3-7-17)10-15(21)22;/h4-5,8H,3,6-7,9-10H2,1-2H3,(H,18,23)(H,19,20)(H,21,22);/q;+1/p-1. The Labute approximate surface area is 163 Å². The molecule has 7 heteroatoms. The molecule has 0 spiro atoms. The maximum atomic E-state index is 12.3. The number of benzene rings is 1. The molecule has 2 amide bonds. The zero-order chi connectivity index (χ0) is 17.0. The van der Waals surface area contributed by atoms with E-state index in [4.69, 9.17) is 0 Å². The van der Waals surface area contributed by atoms with Crippen LogP contribution in [0.1, 0.15) is 48.0 Å². The van der Waals surface area contributed by atoms with Crippen molar-refractivity contribution in [2.75, 3.05) is 12.4 Å². The van der Waals surface area contributed by atoms with Crippen molar-refractivity contribution < 1.29 is 49.0 Å². The predicted octanol–water partition coefficient (Wildman–Crippen LogP) is -2.00. The van der Waals surface area contributed by atoms with Gasteiger partial charge in [0.25, 0.3) is 5.91 Å². The molecule has 0 unspecified atom stereocenters. The molecule has 0 bridgehead atoms. The van der Waals surface area contributed by atoms with Crippen LogP contribution in [0, 0.1) is 12.3 Å². The van der Waals surface area contributed by atoms with Gasteiger partial charge in [0, 0.05) is 19.4 Å². The zero-order valence-electron chi connectivity index (χ0n) is 14.4. The average molecular weight is 340 g/mol. The summed E-state index contributed by atoms with van der Waals surface area (Å²) in [5, 5.41) is 16.2. The Morgan fingerprint density at radius 2 is 1.88 bits per heavy atom. The van der Waals surface area contributed by atoms with Crippen molar-refractivity contribution in [2.45, 2.75) is 39.0 Å². The molecular formula is C17H21N2NaO4. The molecule has 1 aliphatic rings. The smallest absolute Gasteiger partial charge is 0.550 e. The van der Waals surface area contributed by atoms with Crippen LogP contribution in [0.2, 0.25) is 0 Å². The number of amides is 2. The summed E-state index contributed by atoms with van der Waals surface area (Å²) < 4.78 is 0. The second-order valence-electron chi connectivity index (χ2n) is 6.26. The van der Waals surface area contributed by atoms with Crippen LogP contribution in [0.5, 0.6) is 0 Å². The molecular weight excluding hydrogens is 319 g/mol. The maximum Gasteiger partial charge on any atom is 1.00 e. The Balaban J connectivity index is 0.00000288. The van der Waals surface area contributed by atoms with E-state index < -0.39 is 11.4 Å². The number of rotatable bonds is 6. The molecule has 0 radical (unpaired) electrons. The molecule has 0 saturated heterocycles. The van der Waals surface area contributed by atoms with E-state index in [9.17, 15) is 19.5 Å². The molecule has 1 aromatic carbocycles. The molecule has 0 aromatic heterocycles.